The minimum atomic E-state index is -0.301. The highest BCUT2D eigenvalue weighted by molar-refractivity contribution is 5.87. The van der Waals surface area contributed by atoms with Crippen LogP contribution in [0.4, 0.5) is 0 Å². The number of carbonyl (C=O) groups is 1. The Morgan fingerprint density at radius 1 is 1.14 bits per heavy atom. The molecule has 0 saturated carbocycles. The van der Waals surface area contributed by atoms with Crippen molar-refractivity contribution in [2.24, 2.45) is 0 Å². The molecule has 0 fully saturated rings. The van der Waals surface area contributed by atoms with Gasteiger partial charge in [0.1, 0.15) is 11.7 Å². The van der Waals surface area contributed by atoms with E-state index >= 15 is 0 Å². The molecule has 0 aromatic heterocycles. The van der Waals surface area contributed by atoms with Crippen molar-refractivity contribution in [2.45, 2.75) is 32.1 Å². The van der Waals surface area contributed by atoms with Crippen LogP contribution in [0.1, 0.15) is 48.8 Å². The summed E-state index contributed by atoms with van der Waals surface area (Å²) in [5.41, 5.74) is 3.38. The summed E-state index contributed by atoms with van der Waals surface area (Å²) in [5, 5.41) is 0. The van der Waals surface area contributed by atoms with Crippen molar-refractivity contribution in [1.29, 1.82) is 0 Å². The molecule has 3 rings (SSSR count). The molecule has 1 aliphatic rings. The molecule has 2 atom stereocenters. The number of rotatable bonds is 4. The standard InChI is InChI=1S/C20H20O2/c1-3-14(2)15-8-11-17(12-9-15)22-20(21)19-13-10-16-6-4-5-7-18(16)19/h4-14,19H,3H2,1-2H3. The van der Waals surface area contributed by atoms with Gasteiger partial charge in [-0.2, -0.15) is 0 Å². The van der Waals surface area contributed by atoms with Gasteiger partial charge in [-0.1, -0.05) is 62.4 Å². The first kappa shape index (κ1) is 14.6. The van der Waals surface area contributed by atoms with Crippen molar-refractivity contribution in [1.82, 2.24) is 0 Å². The SMILES string of the molecule is CCC(C)c1ccc(OC(=O)C2C=Cc3ccccc32)cc1. The predicted molar refractivity (Wildman–Crippen MR) is 89.0 cm³/mol. The van der Waals surface area contributed by atoms with Crippen LogP contribution in [-0.4, -0.2) is 5.97 Å². The van der Waals surface area contributed by atoms with Gasteiger partial charge >= 0.3 is 5.97 Å². The van der Waals surface area contributed by atoms with E-state index in [1.165, 1.54) is 5.56 Å². The van der Waals surface area contributed by atoms with Crippen LogP contribution in [0.25, 0.3) is 6.08 Å². The van der Waals surface area contributed by atoms with Crippen LogP contribution in [0.15, 0.2) is 54.6 Å². The molecule has 0 aliphatic heterocycles. The summed E-state index contributed by atoms with van der Waals surface area (Å²) in [7, 11) is 0. The highest BCUT2D eigenvalue weighted by Crippen LogP contribution is 2.31. The zero-order chi connectivity index (χ0) is 15.5. The Hall–Kier alpha value is -2.35. The van der Waals surface area contributed by atoms with Gasteiger partial charge in [0.15, 0.2) is 0 Å². The van der Waals surface area contributed by atoms with Gasteiger partial charge in [-0.15, -0.1) is 0 Å². The topological polar surface area (TPSA) is 26.3 Å². The van der Waals surface area contributed by atoms with E-state index in [0.29, 0.717) is 11.7 Å². The van der Waals surface area contributed by atoms with Gasteiger partial charge in [-0.3, -0.25) is 4.79 Å². The van der Waals surface area contributed by atoms with Crippen molar-refractivity contribution in [3.05, 3.63) is 71.3 Å². The molecule has 22 heavy (non-hydrogen) atoms. The maximum absolute atomic E-state index is 12.4. The monoisotopic (exact) mass is 292 g/mol. The van der Waals surface area contributed by atoms with Gasteiger partial charge < -0.3 is 4.74 Å². The summed E-state index contributed by atoms with van der Waals surface area (Å²) < 4.78 is 5.53. The predicted octanol–water partition coefficient (Wildman–Crippen LogP) is 4.92. The Morgan fingerprint density at radius 2 is 1.86 bits per heavy atom. The first-order valence-corrected chi connectivity index (χ1v) is 7.78. The minimum Gasteiger partial charge on any atom is -0.426 e. The number of benzene rings is 2. The average molecular weight is 292 g/mol. The Kier molecular flexibility index (Phi) is 4.10. The van der Waals surface area contributed by atoms with E-state index in [9.17, 15) is 4.79 Å². The second-order valence-electron chi connectivity index (χ2n) is 5.77. The van der Waals surface area contributed by atoms with Crippen molar-refractivity contribution in [3.63, 3.8) is 0 Å². The number of fused-ring (bicyclic) bond motifs is 1. The second kappa shape index (κ2) is 6.18. The number of carbonyl (C=O) groups excluding carboxylic acids is 1. The van der Waals surface area contributed by atoms with E-state index in [1.807, 2.05) is 60.7 Å². The van der Waals surface area contributed by atoms with E-state index in [2.05, 4.69) is 13.8 Å². The van der Waals surface area contributed by atoms with E-state index in [1.54, 1.807) is 0 Å². The van der Waals surface area contributed by atoms with Crippen LogP contribution in [0, 0.1) is 0 Å². The van der Waals surface area contributed by atoms with E-state index < -0.39 is 0 Å². The Labute approximate surface area is 131 Å². The van der Waals surface area contributed by atoms with Crippen molar-refractivity contribution < 1.29 is 9.53 Å². The minimum absolute atomic E-state index is 0.225. The fourth-order valence-corrected chi connectivity index (χ4v) is 2.73. The summed E-state index contributed by atoms with van der Waals surface area (Å²) in [4.78, 5) is 12.4. The van der Waals surface area contributed by atoms with Crippen molar-refractivity contribution >= 4 is 12.0 Å². The molecule has 0 bridgehead atoms. The quantitative estimate of drug-likeness (QED) is 0.591. The average Bonchev–Trinajstić information content (AvgIpc) is 2.99. The molecule has 0 spiro atoms. The molecule has 2 aromatic carbocycles. The number of ether oxygens (including phenoxy) is 1. The zero-order valence-electron chi connectivity index (χ0n) is 13.0. The van der Waals surface area contributed by atoms with E-state index in [0.717, 1.165) is 17.5 Å². The molecule has 0 N–H and O–H groups in total. The molecule has 0 radical (unpaired) electrons. The fourth-order valence-electron chi connectivity index (χ4n) is 2.73. The normalized spacial score (nSPS) is 17.1. The number of esters is 1. The van der Waals surface area contributed by atoms with E-state index in [4.69, 9.17) is 4.74 Å². The van der Waals surface area contributed by atoms with Gasteiger partial charge in [0.2, 0.25) is 0 Å². The molecule has 2 nitrogen and oxygen atoms in total. The van der Waals surface area contributed by atoms with Crippen molar-refractivity contribution in [2.75, 3.05) is 0 Å². The van der Waals surface area contributed by atoms with Crippen LogP contribution in [0.2, 0.25) is 0 Å². The number of hydrogen-bond acceptors (Lipinski definition) is 2. The van der Waals surface area contributed by atoms with Gasteiger partial charge in [-0.05, 0) is 41.2 Å². The van der Waals surface area contributed by atoms with Gasteiger partial charge in [-0.25, -0.2) is 0 Å². The lowest BCUT2D eigenvalue weighted by molar-refractivity contribution is -0.134. The van der Waals surface area contributed by atoms with Gasteiger partial charge in [0.25, 0.3) is 0 Å². The number of hydrogen-bond donors (Lipinski definition) is 0. The molecular formula is C20H20O2. The molecule has 2 unspecified atom stereocenters. The van der Waals surface area contributed by atoms with Crippen LogP contribution in [0.3, 0.4) is 0 Å². The molecule has 0 heterocycles. The van der Waals surface area contributed by atoms with Crippen LogP contribution in [-0.2, 0) is 4.79 Å². The molecule has 0 saturated heterocycles. The molecule has 1 aliphatic carbocycles. The largest absolute Gasteiger partial charge is 0.426 e. The highest BCUT2D eigenvalue weighted by Gasteiger charge is 2.25. The first-order valence-electron chi connectivity index (χ1n) is 7.78. The maximum Gasteiger partial charge on any atom is 0.322 e. The maximum atomic E-state index is 12.4. The van der Waals surface area contributed by atoms with Crippen LogP contribution >= 0.6 is 0 Å². The summed E-state index contributed by atoms with van der Waals surface area (Å²) in [5.74, 6) is 0.604. The molecular weight excluding hydrogens is 272 g/mol. The van der Waals surface area contributed by atoms with Gasteiger partial charge in [0, 0.05) is 0 Å². The summed E-state index contributed by atoms with van der Waals surface area (Å²) in [6.07, 6.45) is 4.98. The third-order valence-electron chi connectivity index (χ3n) is 4.33. The Balaban J connectivity index is 1.72. The first-order chi connectivity index (χ1) is 10.7. The summed E-state index contributed by atoms with van der Waals surface area (Å²) in [6.45, 7) is 4.36. The van der Waals surface area contributed by atoms with Crippen LogP contribution < -0.4 is 4.74 Å². The molecule has 2 aromatic rings. The molecule has 0 amide bonds. The Bertz CT molecular complexity index is 698. The molecule has 112 valence electrons. The van der Waals surface area contributed by atoms with Gasteiger partial charge in [0.05, 0.1) is 0 Å². The Morgan fingerprint density at radius 3 is 2.59 bits per heavy atom. The zero-order valence-corrected chi connectivity index (χ0v) is 13.0. The lowest BCUT2D eigenvalue weighted by Crippen LogP contribution is -2.16. The third-order valence-corrected chi connectivity index (χ3v) is 4.33. The fraction of sp³-hybridized carbons (Fsp3) is 0.250. The smallest absolute Gasteiger partial charge is 0.322 e. The summed E-state index contributed by atoms with van der Waals surface area (Å²) in [6, 6.07) is 15.8. The van der Waals surface area contributed by atoms with Crippen molar-refractivity contribution in [3.8, 4) is 5.75 Å². The lowest BCUT2D eigenvalue weighted by atomic mass is 9.99. The second-order valence-corrected chi connectivity index (χ2v) is 5.77. The lowest BCUT2D eigenvalue weighted by Gasteiger charge is -2.12. The third kappa shape index (κ3) is 2.82. The highest BCUT2D eigenvalue weighted by atomic mass is 16.5. The summed E-state index contributed by atoms with van der Waals surface area (Å²) >= 11 is 0. The molecule has 2 heteroatoms. The van der Waals surface area contributed by atoms with E-state index in [-0.39, 0.29) is 11.9 Å². The van der Waals surface area contributed by atoms with Crippen LogP contribution in [0.5, 0.6) is 5.75 Å².